The number of aromatic nitrogens is 1. The standard InChI is InChI=1S/C13H19NO/c1-5-11-10(9(3)4)7-8-12(14-11)13(15)6-2/h7-9H,5-6H2,1-4H3. The number of hydrogen-bond donors (Lipinski definition) is 0. The van der Waals surface area contributed by atoms with Gasteiger partial charge in [0.05, 0.1) is 0 Å². The molecule has 0 aliphatic heterocycles. The van der Waals surface area contributed by atoms with E-state index in [-0.39, 0.29) is 5.78 Å². The molecule has 0 amide bonds. The maximum absolute atomic E-state index is 11.5. The normalized spacial score (nSPS) is 10.7. The van der Waals surface area contributed by atoms with Crippen molar-refractivity contribution in [1.29, 1.82) is 0 Å². The van der Waals surface area contributed by atoms with Gasteiger partial charge in [0.15, 0.2) is 5.78 Å². The largest absolute Gasteiger partial charge is 0.292 e. The summed E-state index contributed by atoms with van der Waals surface area (Å²) in [7, 11) is 0. The third kappa shape index (κ3) is 2.65. The van der Waals surface area contributed by atoms with Crippen LogP contribution >= 0.6 is 0 Å². The molecule has 0 unspecified atom stereocenters. The molecule has 82 valence electrons. The molecule has 1 heterocycles. The Morgan fingerprint density at radius 1 is 1.33 bits per heavy atom. The van der Waals surface area contributed by atoms with Crippen molar-refractivity contribution in [2.75, 3.05) is 0 Å². The molecule has 0 aliphatic rings. The van der Waals surface area contributed by atoms with E-state index in [4.69, 9.17) is 0 Å². The molecule has 0 spiro atoms. The van der Waals surface area contributed by atoms with E-state index in [0.717, 1.165) is 12.1 Å². The van der Waals surface area contributed by atoms with E-state index in [2.05, 4.69) is 25.8 Å². The molecule has 0 aromatic carbocycles. The molecular formula is C13H19NO. The van der Waals surface area contributed by atoms with Gasteiger partial charge in [-0.1, -0.05) is 33.8 Å². The van der Waals surface area contributed by atoms with Crippen molar-refractivity contribution < 1.29 is 4.79 Å². The Hall–Kier alpha value is -1.18. The van der Waals surface area contributed by atoms with Gasteiger partial charge in [-0.25, -0.2) is 4.98 Å². The zero-order chi connectivity index (χ0) is 11.4. The van der Waals surface area contributed by atoms with Gasteiger partial charge in [0.25, 0.3) is 0 Å². The van der Waals surface area contributed by atoms with Gasteiger partial charge in [-0.05, 0) is 24.0 Å². The van der Waals surface area contributed by atoms with Crippen LogP contribution in [0.1, 0.15) is 61.8 Å². The quantitative estimate of drug-likeness (QED) is 0.705. The highest BCUT2D eigenvalue weighted by Crippen LogP contribution is 2.19. The molecule has 1 aromatic rings. The predicted octanol–water partition coefficient (Wildman–Crippen LogP) is 3.36. The number of aryl methyl sites for hydroxylation is 1. The monoisotopic (exact) mass is 205 g/mol. The highest BCUT2D eigenvalue weighted by atomic mass is 16.1. The Labute approximate surface area is 91.7 Å². The van der Waals surface area contributed by atoms with E-state index in [1.54, 1.807) is 0 Å². The summed E-state index contributed by atoms with van der Waals surface area (Å²) in [6.07, 6.45) is 1.41. The molecule has 0 atom stereocenters. The van der Waals surface area contributed by atoms with Crippen molar-refractivity contribution in [3.05, 3.63) is 29.1 Å². The van der Waals surface area contributed by atoms with Crippen molar-refractivity contribution in [3.63, 3.8) is 0 Å². The molecule has 0 saturated heterocycles. The number of nitrogens with zero attached hydrogens (tertiary/aromatic N) is 1. The summed E-state index contributed by atoms with van der Waals surface area (Å²) in [4.78, 5) is 15.9. The summed E-state index contributed by atoms with van der Waals surface area (Å²) in [5.41, 5.74) is 2.92. The topological polar surface area (TPSA) is 30.0 Å². The average Bonchev–Trinajstić information content (AvgIpc) is 2.26. The maximum atomic E-state index is 11.5. The van der Waals surface area contributed by atoms with Gasteiger partial charge >= 0.3 is 0 Å². The van der Waals surface area contributed by atoms with Gasteiger partial charge in [0.2, 0.25) is 0 Å². The number of carbonyl (C=O) groups excluding carboxylic acids is 1. The summed E-state index contributed by atoms with van der Waals surface area (Å²) < 4.78 is 0. The molecule has 0 fully saturated rings. The Kier molecular flexibility index (Phi) is 4.01. The van der Waals surface area contributed by atoms with Crippen LogP contribution in [0.2, 0.25) is 0 Å². The van der Waals surface area contributed by atoms with E-state index in [1.807, 2.05) is 19.1 Å². The molecule has 1 rings (SSSR count). The SMILES string of the molecule is CCC(=O)c1ccc(C(C)C)c(CC)n1. The number of carbonyl (C=O) groups is 1. The van der Waals surface area contributed by atoms with Gasteiger partial charge in [-0.15, -0.1) is 0 Å². The first-order valence-corrected chi connectivity index (χ1v) is 5.63. The second-order valence-corrected chi connectivity index (χ2v) is 4.02. The fourth-order valence-electron chi connectivity index (χ4n) is 1.66. The highest BCUT2D eigenvalue weighted by molar-refractivity contribution is 5.94. The first kappa shape index (κ1) is 11.9. The zero-order valence-electron chi connectivity index (χ0n) is 10.0. The van der Waals surface area contributed by atoms with Crippen molar-refractivity contribution >= 4 is 5.78 Å². The van der Waals surface area contributed by atoms with Crippen LogP contribution in [0.25, 0.3) is 0 Å². The molecule has 2 nitrogen and oxygen atoms in total. The van der Waals surface area contributed by atoms with Crippen molar-refractivity contribution in [1.82, 2.24) is 4.98 Å². The summed E-state index contributed by atoms with van der Waals surface area (Å²) in [5, 5.41) is 0. The minimum absolute atomic E-state index is 0.125. The van der Waals surface area contributed by atoms with E-state index in [0.29, 0.717) is 18.0 Å². The molecule has 1 aromatic heterocycles. The van der Waals surface area contributed by atoms with Gasteiger partial charge < -0.3 is 0 Å². The summed E-state index contributed by atoms with van der Waals surface area (Å²) in [6.45, 7) is 8.25. The van der Waals surface area contributed by atoms with Crippen molar-refractivity contribution in [2.45, 2.75) is 46.5 Å². The minimum atomic E-state index is 0.125. The second kappa shape index (κ2) is 5.06. The van der Waals surface area contributed by atoms with Crippen LogP contribution in [0.15, 0.2) is 12.1 Å². The van der Waals surface area contributed by atoms with Crippen molar-refractivity contribution in [3.8, 4) is 0 Å². The van der Waals surface area contributed by atoms with Gasteiger partial charge in [0.1, 0.15) is 5.69 Å². The number of rotatable bonds is 4. The fourth-order valence-corrected chi connectivity index (χ4v) is 1.66. The summed E-state index contributed by atoms with van der Waals surface area (Å²) in [5.74, 6) is 0.596. The van der Waals surface area contributed by atoms with Crippen molar-refractivity contribution in [2.24, 2.45) is 0 Å². The lowest BCUT2D eigenvalue weighted by molar-refractivity contribution is 0.0983. The molecular weight excluding hydrogens is 186 g/mol. The smallest absolute Gasteiger partial charge is 0.180 e. The lowest BCUT2D eigenvalue weighted by Gasteiger charge is -2.11. The molecule has 15 heavy (non-hydrogen) atoms. The lowest BCUT2D eigenvalue weighted by atomic mass is 9.99. The van der Waals surface area contributed by atoms with Crippen LogP contribution in [0.5, 0.6) is 0 Å². The van der Waals surface area contributed by atoms with Crippen LogP contribution in [0, 0.1) is 0 Å². The van der Waals surface area contributed by atoms with E-state index in [9.17, 15) is 4.79 Å². The molecule has 0 saturated carbocycles. The van der Waals surface area contributed by atoms with Gasteiger partial charge in [0, 0.05) is 12.1 Å². The van der Waals surface area contributed by atoms with Crippen LogP contribution in [0.4, 0.5) is 0 Å². The average molecular weight is 205 g/mol. The zero-order valence-corrected chi connectivity index (χ0v) is 10.0. The molecule has 0 bridgehead atoms. The first-order chi connectivity index (χ1) is 7.10. The van der Waals surface area contributed by atoms with E-state index >= 15 is 0 Å². The number of Topliss-reactive ketones (excluding diaryl/α,β-unsaturated/α-hetero) is 1. The predicted molar refractivity (Wildman–Crippen MR) is 62.3 cm³/mol. The molecule has 2 heteroatoms. The fraction of sp³-hybridized carbons (Fsp3) is 0.538. The maximum Gasteiger partial charge on any atom is 0.180 e. The van der Waals surface area contributed by atoms with Crippen LogP contribution < -0.4 is 0 Å². The van der Waals surface area contributed by atoms with Gasteiger partial charge in [-0.2, -0.15) is 0 Å². The van der Waals surface area contributed by atoms with Gasteiger partial charge in [-0.3, -0.25) is 4.79 Å². The molecule has 0 aliphatic carbocycles. The lowest BCUT2D eigenvalue weighted by Crippen LogP contribution is -2.06. The first-order valence-electron chi connectivity index (χ1n) is 5.63. The number of ketones is 1. The summed E-state index contributed by atoms with van der Waals surface area (Å²) >= 11 is 0. The Morgan fingerprint density at radius 2 is 2.00 bits per heavy atom. The Morgan fingerprint density at radius 3 is 2.47 bits per heavy atom. The van der Waals surface area contributed by atoms with E-state index < -0.39 is 0 Å². The van der Waals surface area contributed by atoms with Crippen LogP contribution in [-0.2, 0) is 6.42 Å². The Balaban J connectivity index is 3.13. The number of pyridine rings is 1. The molecule has 0 N–H and O–H groups in total. The van der Waals surface area contributed by atoms with Crippen LogP contribution in [0.3, 0.4) is 0 Å². The number of hydrogen-bond acceptors (Lipinski definition) is 2. The molecule has 0 radical (unpaired) electrons. The Bertz CT molecular complexity index is 356. The van der Waals surface area contributed by atoms with Crippen LogP contribution in [-0.4, -0.2) is 10.8 Å². The third-order valence-corrected chi connectivity index (χ3v) is 2.57. The summed E-state index contributed by atoms with van der Waals surface area (Å²) in [6, 6.07) is 3.89. The second-order valence-electron chi connectivity index (χ2n) is 4.02. The minimum Gasteiger partial charge on any atom is -0.292 e. The third-order valence-electron chi connectivity index (χ3n) is 2.57. The van der Waals surface area contributed by atoms with E-state index in [1.165, 1.54) is 5.56 Å². The highest BCUT2D eigenvalue weighted by Gasteiger charge is 2.10.